The van der Waals surface area contributed by atoms with Gasteiger partial charge in [-0.15, -0.1) is 5.10 Å². The summed E-state index contributed by atoms with van der Waals surface area (Å²) in [6, 6.07) is 3.69. The molecule has 0 aliphatic carbocycles. The number of nitrogens with one attached hydrogen (secondary N) is 1. The van der Waals surface area contributed by atoms with E-state index in [2.05, 4.69) is 20.2 Å². The Morgan fingerprint density at radius 3 is 3.00 bits per heavy atom. The highest BCUT2D eigenvalue weighted by molar-refractivity contribution is 5.82. The Morgan fingerprint density at radius 2 is 2.40 bits per heavy atom. The van der Waals surface area contributed by atoms with Crippen LogP contribution in [0.3, 0.4) is 0 Å². The number of hydrogen-bond donors (Lipinski definition) is 2. The minimum absolute atomic E-state index is 0.214. The second-order valence-electron chi connectivity index (χ2n) is 2.95. The molecule has 2 aromatic heterocycles. The molecule has 0 aliphatic heterocycles. The normalized spacial score (nSPS) is 10.1. The summed E-state index contributed by atoms with van der Waals surface area (Å²) in [5.74, 6) is -0.835. The zero-order valence-corrected chi connectivity index (χ0v) is 7.71. The molecule has 6 nitrogen and oxygen atoms in total. The second kappa shape index (κ2) is 3.87. The molecule has 2 rings (SSSR count). The Hall–Kier alpha value is -2.24. The fourth-order valence-electron chi connectivity index (χ4n) is 1.17. The van der Waals surface area contributed by atoms with Crippen molar-refractivity contribution in [3.8, 4) is 0 Å². The van der Waals surface area contributed by atoms with Crippen molar-refractivity contribution < 1.29 is 9.90 Å². The molecule has 2 heterocycles. The first-order chi connectivity index (χ1) is 7.25. The van der Waals surface area contributed by atoms with Crippen LogP contribution in [-0.2, 0) is 6.42 Å². The number of H-pyrrole nitrogens is 1. The molecule has 0 radical (unpaired) electrons. The van der Waals surface area contributed by atoms with E-state index < -0.39 is 5.97 Å². The first-order valence-electron chi connectivity index (χ1n) is 4.29. The smallest absolute Gasteiger partial charge is 0.375 e. The molecule has 0 saturated carbocycles. The molecule has 0 saturated heterocycles. The van der Waals surface area contributed by atoms with Gasteiger partial charge in [0.1, 0.15) is 5.82 Å². The van der Waals surface area contributed by atoms with Gasteiger partial charge >= 0.3 is 5.97 Å². The van der Waals surface area contributed by atoms with Gasteiger partial charge in [-0.2, -0.15) is 0 Å². The molecule has 0 aromatic carbocycles. The molecule has 15 heavy (non-hydrogen) atoms. The number of aromatic amines is 1. The number of rotatable bonds is 3. The molecule has 2 N–H and O–H groups in total. The summed E-state index contributed by atoms with van der Waals surface area (Å²) >= 11 is 0. The van der Waals surface area contributed by atoms with Gasteiger partial charge < -0.3 is 5.11 Å². The third kappa shape index (κ3) is 2.16. The van der Waals surface area contributed by atoms with Crippen LogP contribution in [0.4, 0.5) is 0 Å². The van der Waals surface area contributed by atoms with Crippen molar-refractivity contribution in [1.29, 1.82) is 0 Å². The van der Waals surface area contributed by atoms with Gasteiger partial charge in [-0.25, -0.2) is 9.78 Å². The van der Waals surface area contributed by atoms with Crippen LogP contribution in [0.2, 0.25) is 0 Å². The van der Waals surface area contributed by atoms with E-state index in [9.17, 15) is 4.79 Å². The molecule has 0 bridgehead atoms. The van der Waals surface area contributed by atoms with E-state index in [4.69, 9.17) is 5.11 Å². The molecular weight excluding hydrogens is 196 g/mol. The van der Waals surface area contributed by atoms with Gasteiger partial charge in [0, 0.05) is 18.8 Å². The van der Waals surface area contributed by atoms with E-state index in [1.807, 2.05) is 12.1 Å². The number of carboxylic acids is 1. The third-order valence-corrected chi connectivity index (χ3v) is 1.82. The fourth-order valence-corrected chi connectivity index (χ4v) is 1.17. The number of carbonyl (C=O) groups is 1. The molecule has 0 amide bonds. The van der Waals surface area contributed by atoms with Crippen molar-refractivity contribution >= 4 is 5.97 Å². The number of aromatic nitrogens is 4. The largest absolute Gasteiger partial charge is 0.475 e. The van der Waals surface area contributed by atoms with Gasteiger partial charge in [-0.1, -0.05) is 6.07 Å². The van der Waals surface area contributed by atoms with E-state index in [-0.39, 0.29) is 5.82 Å². The van der Waals surface area contributed by atoms with Crippen LogP contribution in [0.15, 0.2) is 24.5 Å². The van der Waals surface area contributed by atoms with Crippen molar-refractivity contribution in [2.75, 3.05) is 0 Å². The highest BCUT2D eigenvalue weighted by Gasteiger charge is 2.10. The van der Waals surface area contributed by atoms with Crippen molar-refractivity contribution in [3.05, 3.63) is 41.7 Å². The lowest BCUT2D eigenvalue weighted by atomic mass is 10.2. The maximum absolute atomic E-state index is 10.5. The molecular formula is C9H8N4O2. The topological polar surface area (TPSA) is 91.8 Å². The summed E-state index contributed by atoms with van der Waals surface area (Å²) < 4.78 is 0. The molecule has 0 atom stereocenters. The van der Waals surface area contributed by atoms with Crippen molar-refractivity contribution in [1.82, 2.24) is 20.2 Å². The van der Waals surface area contributed by atoms with Gasteiger partial charge in [-0.05, 0) is 11.6 Å². The summed E-state index contributed by atoms with van der Waals surface area (Å²) in [4.78, 5) is 18.3. The van der Waals surface area contributed by atoms with E-state index in [0.29, 0.717) is 12.2 Å². The number of carboxylic acid groups (broad SMARTS) is 1. The summed E-state index contributed by atoms with van der Waals surface area (Å²) in [6.45, 7) is 0. The molecule has 0 fully saturated rings. The standard InChI is InChI=1S/C9H8N4O2/c14-9(15)8-11-7(12-13-8)4-6-2-1-3-10-5-6/h1-3,5H,4H2,(H,14,15)(H,11,12,13). The van der Waals surface area contributed by atoms with Gasteiger partial charge in [0.25, 0.3) is 5.82 Å². The first kappa shape index (κ1) is 9.32. The lowest BCUT2D eigenvalue weighted by Crippen LogP contribution is -1.99. The maximum atomic E-state index is 10.5. The molecule has 6 heteroatoms. The van der Waals surface area contributed by atoms with Gasteiger partial charge in [-0.3, -0.25) is 10.1 Å². The van der Waals surface area contributed by atoms with Crippen LogP contribution in [0.1, 0.15) is 22.0 Å². The lowest BCUT2D eigenvalue weighted by molar-refractivity contribution is 0.0684. The van der Waals surface area contributed by atoms with E-state index in [1.165, 1.54) is 0 Å². The van der Waals surface area contributed by atoms with Crippen LogP contribution < -0.4 is 0 Å². The first-order valence-corrected chi connectivity index (χ1v) is 4.29. The Balaban J connectivity index is 2.15. The quantitative estimate of drug-likeness (QED) is 0.759. The number of aromatic carboxylic acids is 1. The minimum Gasteiger partial charge on any atom is -0.475 e. The monoisotopic (exact) mass is 204 g/mol. The predicted octanol–water partition coefficient (Wildman–Crippen LogP) is 0.489. The summed E-state index contributed by atoms with van der Waals surface area (Å²) in [5, 5.41) is 14.7. The summed E-state index contributed by atoms with van der Waals surface area (Å²) in [7, 11) is 0. The van der Waals surface area contributed by atoms with Crippen molar-refractivity contribution in [3.63, 3.8) is 0 Å². The molecule has 0 spiro atoms. The fraction of sp³-hybridized carbons (Fsp3) is 0.111. The number of hydrogen-bond acceptors (Lipinski definition) is 4. The van der Waals surface area contributed by atoms with Crippen LogP contribution in [0.5, 0.6) is 0 Å². The number of nitrogens with zero attached hydrogens (tertiary/aromatic N) is 3. The maximum Gasteiger partial charge on any atom is 0.375 e. The van der Waals surface area contributed by atoms with Crippen LogP contribution in [0.25, 0.3) is 0 Å². The molecule has 2 aromatic rings. The average molecular weight is 204 g/mol. The van der Waals surface area contributed by atoms with E-state index in [1.54, 1.807) is 12.4 Å². The zero-order chi connectivity index (χ0) is 10.7. The highest BCUT2D eigenvalue weighted by atomic mass is 16.4. The Kier molecular flexibility index (Phi) is 2.40. The van der Waals surface area contributed by atoms with Gasteiger partial charge in [0.2, 0.25) is 0 Å². The van der Waals surface area contributed by atoms with Crippen LogP contribution in [0, 0.1) is 0 Å². The zero-order valence-electron chi connectivity index (χ0n) is 7.71. The van der Waals surface area contributed by atoms with Crippen LogP contribution in [-0.4, -0.2) is 31.2 Å². The predicted molar refractivity (Wildman–Crippen MR) is 50.4 cm³/mol. The summed E-state index contributed by atoms with van der Waals surface area (Å²) in [5.41, 5.74) is 0.950. The highest BCUT2D eigenvalue weighted by Crippen LogP contribution is 2.03. The second-order valence-corrected chi connectivity index (χ2v) is 2.95. The minimum atomic E-state index is -1.14. The van der Waals surface area contributed by atoms with E-state index >= 15 is 0 Å². The van der Waals surface area contributed by atoms with Gasteiger partial charge in [0.15, 0.2) is 0 Å². The molecule has 76 valence electrons. The Morgan fingerprint density at radius 1 is 1.53 bits per heavy atom. The molecule has 0 aliphatic rings. The SMILES string of the molecule is O=C(O)c1n[nH]c(Cc2cccnc2)n1. The number of pyridine rings is 1. The Labute approximate surface area is 85.0 Å². The van der Waals surface area contributed by atoms with Gasteiger partial charge in [0.05, 0.1) is 0 Å². The van der Waals surface area contributed by atoms with Crippen LogP contribution >= 0.6 is 0 Å². The lowest BCUT2D eigenvalue weighted by Gasteiger charge is -1.94. The Bertz CT molecular complexity index is 466. The summed E-state index contributed by atoms with van der Waals surface area (Å²) in [6.07, 6.45) is 3.86. The van der Waals surface area contributed by atoms with Crippen molar-refractivity contribution in [2.45, 2.75) is 6.42 Å². The third-order valence-electron chi connectivity index (χ3n) is 1.82. The molecule has 0 unspecified atom stereocenters. The van der Waals surface area contributed by atoms with E-state index in [0.717, 1.165) is 5.56 Å². The average Bonchev–Trinajstić information content (AvgIpc) is 2.68. The van der Waals surface area contributed by atoms with Crippen molar-refractivity contribution in [2.24, 2.45) is 0 Å².